The molecule has 0 radical (unpaired) electrons. The molecule has 8 heteroatoms. The summed E-state index contributed by atoms with van der Waals surface area (Å²) in [6, 6.07) is 6.77. The van der Waals surface area contributed by atoms with Crippen molar-refractivity contribution in [2.45, 2.75) is 0 Å². The van der Waals surface area contributed by atoms with Crippen LogP contribution >= 0.6 is 0 Å². The normalized spacial score (nSPS) is 9.86. The Labute approximate surface area is 118 Å². The first-order valence-corrected chi connectivity index (χ1v) is 5.67. The van der Waals surface area contributed by atoms with Crippen LogP contribution in [0.15, 0.2) is 24.3 Å². The number of methoxy groups -OCH3 is 1. The number of hydrogen-bond donors (Lipinski definition) is 2. The predicted molar refractivity (Wildman–Crippen MR) is 69.7 cm³/mol. The van der Waals surface area contributed by atoms with Gasteiger partial charge in [0.25, 0.3) is 5.88 Å². The van der Waals surface area contributed by atoms with E-state index in [9.17, 15) is 8.78 Å². The fourth-order valence-corrected chi connectivity index (χ4v) is 1.55. The quantitative estimate of drug-likeness (QED) is 0.663. The molecule has 1 aromatic carbocycles. The van der Waals surface area contributed by atoms with Crippen molar-refractivity contribution < 1.29 is 18.3 Å². The van der Waals surface area contributed by atoms with E-state index in [1.807, 2.05) is 11.5 Å². The standard InChI is InChI=1S/C13H10F2N4O2/c1-20-8-2-7(6-16)3-9(4-8)21-13-11(15)5-10(14)12(18-13)19-17/h2-5H,17H2,1H3,(H,18,19). The zero-order valence-electron chi connectivity index (χ0n) is 10.9. The summed E-state index contributed by atoms with van der Waals surface area (Å²) >= 11 is 0. The van der Waals surface area contributed by atoms with Crippen LogP contribution in [0.3, 0.4) is 0 Å². The number of halogens is 2. The summed E-state index contributed by atoms with van der Waals surface area (Å²) in [4.78, 5) is 3.56. The maximum absolute atomic E-state index is 13.6. The Kier molecular flexibility index (Phi) is 4.15. The predicted octanol–water partition coefficient (Wildman–Crippen LogP) is 2.32. The van der Waals surface area contributed by atoms with Gasteiger partial charge >= 0.3 is 0 Å². The molecule has 0 aliphatic heterocycles. The molecular weight excluding hydrogens is 282 g/mol. The van der Waals surface area contributed by atoms with Crippen molar-refractivity contribution >= 4 is 5.82 Å². The highest BCUT2D eigenvalue weighted by molar-refractivity contribution is 5.46. The summed E-state index contributed by atoms with van der Waals surface area (Å²) < 4.78 is 37.1. The van der Waals surface area contributed by atoms with Gasteiger partial charge in [0.1, 0.15) is 11.5 Å². The molecule has 3 N–H and O–H groups in total. The lowest BCUT2D eigenvalue weighted by Crippen LogP contribution is -2.11. The Bertz CT molecular complexity index is 716. The molecule has 0 bridgehead atoms. The molecule has 0 atom stereocenters. The van der Waals surface area contributed by atoms with Gasteiger partial charge in [0.2, 0.25) is 0 Å². The van der Waals surface area contributed by atoms with Crippen molar-refractivity contribution in [3.05, 3.63) is 41.5 Å². The summed E-state index contributed by atoms with van der Waals surface area (Å²) in [5, 5.41) is 8.89. The molecule has 0 fully saturated rings. The number of pyridine rings is 1. The van der Waals surface area contributed by atoms with E-state index >= 15 is 0 Å². The molecule has 0 spiro atoms. The van der Waals surface area contributed by atoms with Crippen molar-refractivity contribution in [1.29, 1.82) is 5.26 Å². The van der Waals surface area contributed by atoms with Crippen LogP contribution in [0, 0.1) is 23.0 Å². The summed E-state index contributed by atoms with van der Waals surface area (Å²) in [6.45, 7) is 0. The van der Waals surface area contributed by atoms with Crippen LogP contribution in [0.4, 0.5) is 14.6 Å². The first-order chi connectivity index (χ1) is 10.1. The van der Waals surface area contributed by atoms with Gasteiger partial charge in [-0.2, -0.15) is 10.2 Å². The molecule has 21 heavy (non-hydrogen) atoms. The van der Waals surface area contributed by atoms with Crippen molar-refractivity contribution in [1.82, 2.24) is 4.98 Å². The van der Waals surface area contributed by atoms with Crippen molar-refractivity contribution in [2.24, 2.45) is 5.84 Å². The zero-order valence-corrected chi connectivity index (χ0v) is 10.9. The number of nitrogens with zero attached hydrogens (tertiary/aromatic N) is 2. The van der Waals surface area contributed by atoms with Crippen molar-refractivity contribution in [3.63, 3.8) is 0 Å². The van der Waals surface area contributed by atoms with E-state index in [-0.39, 0.29) is 17.1 Å². The van der Waals surface area contributed by atoms with Crippen LogP contribution in [-0.2, 0) is 0 Å². The molecule has 0 amide bonds. The lowest BCUT2D eigenvalue weighted by atomic mass is 10.2. The molecule has 1 aromatic heterocycles. The molecule has 2 aromatic rings. The summed E-state index contributed by atoms with van der Waals surface area (Å²) in [7, 11) is 1.41. The summed E-state index contributed by atoms with van der Waals surface area (Å²) in [5.41, 5.74) is 2.24. The number of rotatable bonds is 4. The van der Waals surface area contributed by atoms with E-state index in [2.05, 4.69) is 4.98 Å². The number of anilines is 1. The third-order valence-corrected chi connectivity index (χ3v) is 2.49. The Morgan fingerprint density at radius 3 is 2.52 bits per heavy atom. The number of nitrogen functional groups attached to an aromatic ring is 1. The number of hydrazine groups is 1. The van der Waals surface area contributed by atoms with Crippen LogP contribution in [0.5, 0.6) is 17.4 Å². The number of aromatic nitrogens is 1. The molecule has 1 heterocycles. The van der Waals surface area contributed by atoms with Gasteiger partial charge in [-0.25, -0.2) is 14.6 Å². The van der Waals surface area contributed by atoms with Crippen LogP contribution in [-0.4, -0.2) is 12.1 Å². The summed E-state index contributed by atoms with van der Waals surface area (Å²) in [6.07, 6.45) is 0. The Morgan fingerprint density at radius 1 is 1.19 bits per heavy atom. The monoisotopic (exact) mass is 292 g/mol. The minimum atomic E-state index is -1.01. The van der Waals surface area contributed by atoms with Gasteiger partial charge in [0.05, 0.1) is 18.7 Å². The van der Waals surface area contributed by atoms with E-state index in [0.717, 1.165) is 0 Å². The molecule has 0 saturated carbocycles. The third kappa shape index (κ3) is 3.16. The SMILES string of the molecule is COc1cc(C#N)cc(Oc2nc(NN)c(F)cc2F)c1. The lowest BCUT2D eigenvalue weighted by Gasteiger charge is -2.10. The largest absolute Gasteiger partial charge is 0.497 e. The second-order valence-electron chi connectivity index (χ2n) is 3.86. The number of hydrogen-bond acceptors (Lipinski definition) is 6. The molecule has 0 unspecified atom stereocenters. The fraction of sp³-hybridized carbons (Fsp3) is 0.0769. The first kappa shape index (κ1) is 14.5. The van der Waals surface area contributed by atoms with Crippen LogP contribution in [0.1, 0.15) is 5.56 Å². The smallest absolute Gasteiger partial charge is 0.258 e. The number of nitrogens with two attached hydrogens (primary N) is 1. The van der Waals surface area contributed by atoms with E-state index < -0.39 is 17.5 Å². The van der Waals surface area contributed by atoms with Gasteiger partial charge in [-0.3, -0.25) is 0 Å². The zero-order chi connectivity index (χ0) is 15.4. The van der Waals surface area contributed by atoms with E-state index in [4.69, 9.17) is 20.6 Å². The molecule has 0 aliphatic rings. The van der Waals surface area contributed by atoms with Crippen LogP contribution in [0.25, 0.3) is 0 Å². The molecule has 2 rings (SSSR count). The number of ether oxygens (including phenoxy) is 2. The molecule has 108 valence electrons. The second-order valence-corrected chi connectivity index (χ2v) is 3.86. The maximum Gasteiger partial charge on any atom is 0.258 e. The first-order valence-electron chi connectivity index (χ1n) is 5.67. The molecule has 0 aliphatic carbocycles. The number of nitrogens with one attached hydrogen (secondary N) is 1. The molecular formula is C13H10F2N4O2. The van der Waals surface area contributed by atoms with Gasteiger partial charge < -0.3 is 14.9 Å². The van der Waals surface area contributed by atoms with E-state index in [0.29, 0.717) is 11.8 Å². The van der Waals surface area contributed by atoms with Gasteiger partial charge in [-0.15, -0.1) is 0 Å². The topological polar surface area (TPSA) is 93.2 Å². The highest BCUT2D eigenvalue weighted by atomic mass is 19.1. The Hall–Kier alpha value is -2.92. The molecule has 6 nitrogen and oxygen atoms in total. The number of nitriles is 1. The molecule has 0 saturated heterocycles. The average Bonchev–Trinajstić information content (AvgIpc) is 2.49. The van der Waals surface area contributed by atoms with Gasteiger partial charge in [0.15, 0.2) is 17.5 Å². The second kappa shape index (κ2) is 6.02. The Morgan fingerprint density at radius 2 is 1.90 bits per heavy atom. The van der Waals surface area contributed by atoms with Crippen LogP contribution in [0.2, 0.25) is 0 Å². The summed E-state index contributed by atoms with van der Waals surface area (Å²) in [5.74, 6) is 2.72. The fourth-order valence-electron chi connectivity index (χ4n) is 1.55. The third-order valence-electron chi connectivity index (χ3n) is 2.49. The van der Waals surface area contributed by atoms with Crippen LogP contribution < -0.4 is 20.7 Å². The Balaban J connectivity index is 2.40. The van der Waals surface area contributed by atoms with E-state index in [1.54, 1.807) is 0 Å². The van der Waals surface area contributed by atoms with Gasteiger partial charge in [-0.05, 0) is 12.1 Å². The highest BCUT2D eigenvalue weighted by Crippen LogP contribution is 2.29. The minimum absolute atomic E-state index is 0.117. The highest BCUT2D eigenvalue weighted by Gasteiger charge is 2.14. The van der Waals surface area contributed by atoms with Gasteiger partial charge in [-0.1, -0.05) is 0 Å². The minimum Gasteiger partial charge on any atom is -0.497 e. The number of benzene rings is 1. The van der Waals surface area contributed by atoms with Crippen molar-refractivity contribution in [2.75, 3.05) is 12.5 Å². The van der Waals surface area contributed by atoms with E-state index in [1.165, 1.54) is 25.3 Å². The average molecular weight is 292 g/mol. The maximum atomic E-state index is 13.6. The van der Waals surface area contributed by atoms with Crippen molar-refractivity contribution in [3.8, 4) is 23.4 Å². The lowest BCUT2D eigenvalue weighted by molar-refractivity contribution is 0.398. The van der Waals surface area contributed by atoms with Gasteiger partial charge in [0, 0.05) is 12.1 Å².